The normalized spacial score (nSPS) is 13.4. The fraction of sp³-hybridized carbons (Fsp3) is 0.227. The Morgan fingerprint density at radius 1 is 0.912 bits per heavy atom. The number of non-ortho nitro benzene ring substituents is 2. The Bertz CT molecular complexity index is 1210. The van der Waals surface area contributed by atoms with Gasteiger partial charge in [-0.3, -0.25) is 25.0 Å². The third-order valence-electron chi connectivity index (χ3n) is 5.23. The van der Waals surface area contributed by atoms with Crippen molar-refractivity contribution in [2.24, 2.45) is 0 Å². The number of nitro benzene ring substituents is 2. The van der Waals surface area contributed by atoms with E-state index in [-0.39, 0.29) is 5.56 Å². The van der Waals surface area contributed by atoms with Crippen LogP contribution >= 0.6 is 0 Å². The second kappa shape index (κ2) is 9.48. The summed E-state index contributed by atoms with van der Waals surface area (Å²) in [6.45, 7) is 3.28. The maximum atomic E-state index is 12.9. The molecule has 0 aliphatic carbocycles. The summed E-state index contributed by atoms with van der Waals surface area (Å²) in [6.07, 6.45) is 0. The minimum absolute atomic E-state index is 0.0919. The molecule has 0 bridgehead atoms. The lowest BCUT2D eigenvalue weighted by Crippen LogP contribution is -2.49. The number of benzene rings is 2. The van der Waals surface area contributed by atoms with Crippen molar-refractivity contribution in [1.82, 2.24) is 14.9 Å². The van der Waals surface area contributed by atoms with Crippen LogP contribution in [0.15, 0.2) is 54.6 Å². The highest BCUT2D eigenvalue weighted by atomic mass is 16.6. The molecule has 34 heavy (non-hydrogen) atoms. The van der Waals surface area contributed by atoms with Crippen LogP contribution in [0.1, 0.15) is 16.2 Å². The third kappa shape index (κ3) is 5.06. The molecule has 1 fully saturated rings. The summed E-state index contributed by atoms with van der Waals surface area (Å²) in [5, 5.41) is 22.3. The van der Waals surface area contributed by atoms with E-state index in [1.807, 2.05) is 35.2 Å². The molecule has 4 rings (SSSR count). The maximum absolute atomic E-state index is 12.9. The Morgan fingerprint density at radius 3 is 2.12 bits per heavy atom. The highest BCUT2D eigenvalue weighted by molar-refractivity contribution is 5.95. The Balaban J connectivity index is 1.47. The van der Waals surface area contributed by atoms with Gasteiger partial charge in [0.05, 0.1) is 21.5 Å². The van der Waals surface area contributed by atoms with Gasteiger partial charge in [0.25, 0.3) is 17.3 Å². The molecule has 174 valence electrons. The molecule has 1 saturated heterocycles. The summed E-state index contributed by atoms with van der Waals surface area (Å²) < 4.78 is 5.82. The lowest BCUT2D eigenvalue weighted by molar-refractivity contribution is -0.394. The van der Waals surface area contributed by atoms with Gasteiger partial charge in [-0.15, -0.1) is 0 Å². The predicted molar refractivity (Wildman–Crippen MR) is 121 cm³/mol. The second-order valence-electron chi connectivity index (χ2n) is 7.56. The van der Waals surface area contributed by atoms with Gasteiger partial charge in [-0.2, -0.15) is 4.98 Å². The van der Waals surface area contributed by atoms with Gasteiger partial charge in [-0.25, -0.2) is 4.98 Å². The zero-order valence-electron chi connectivity index (χ0n) is 18.2. The van der Waals surface area contributed by atoms with E-state index in [4.69, 9.17) is 4.74 Å². The van der Waals surface area contributed by atoms with Gasteiger partial charge in [0.15, 0.2) is 0 Å². The molecule has 0 atom stereocenters. The minimum Gasteiger partial charge on any atom is -0.439 e. The van der Waals surface area contributed by atoms with Gasteiger partial charge in [-0.1, -0.05) is 18.2 Å². The zero-order valence-corrected chi connectivity index (χ0v) is 18.2. The first kappa shape index (κ1) is 22.6. The van der Waals surface area contributed by atoms with Gasteiger partial charge in [0.1, 0.15) is 17.4 Å². The van der Waals surface area contributed by atoms with Crippen LogP contribution in [0.25, 0.3) is 0 Å². The zero-order chi connectivity index (χ0) is 24.2. The van der Waals surface area contributed by atoms with Crippen LogP contribution in [0, 0.1) is 27.2 Å². The fourth-order valence-corrected chi connectivity index (χ4v) is 3.60. The van der Waals surface area contributed by atoms with Crippen LogP contribution in [0.4, 0.5) is 17.2 Å². The molecule has 12 nitrogen and oxygen atoms in total. The van der Waals surface area contributed by atoms with Gasteiger partial charge >= 0.3 is 0 Å². The summed E-state index contributed by atoms with van der Waals surface area (Å²) in [4.78, 5) is 45.9. The number of hydrogen-bond donors (Lipinski definition) is 0. The molecule has 0 spiro atoms. The number of amides is 1. The van der Waals surface area contributed by atoms with Crippen molar-refractivity contribution in [2.45, 2.75) is 6.92 Å². The minimum atomic E-state index is -0.756. The largest absolute Gasteiger partial charge is 0.439 e. The first-order valence-corrected chi connectivity index (χ1v) is 10.4. The lowest BCUT2D eigenvalue weighted by atomic mass is 10.1. The molecule has 1 aromatic heterocycles. The van der Waals surface area contributed by atoms with Gasteiger partial charge in [0, 0.05) is 44.4 Å². The molecule has 3 aromatic rings. The molecular formula is C22H20N6O6. The van der Waals surface area contributed by atoms with Gasteiger partial charge < -0.3 is 14.5 Å². The first-order chi connectivity index (χ1) is 16.3. The average molecular weight is 464 g/mol. The number of carbonyl (C=O) groups is 1. The third-order valence-corrected chi connectivity index (χ3v) is 5.23. The molecule has 0 radical (unpaired) electrons. The number of aromatic nitrogens is 2. The number of piperazine rings is 1. The summed E-state index contributed by atoms with van der Waals surface area (Å²) in [6, 6.07) is 13.9. The van der Waals surface area contributed by atoms with Crippen molar-refractivity contribution in [1.29, 1.82) is 0 Å². The van der Waals surface area contributed by atoms with Crippen molar-refractivity contribution in [3.63, 3.8) is 0 Å². The summed E-state index contributed by atoms with van der Waals surface area (Å²) in [5.74, 6) is 1.73. The van der Waals surface area contributed by atoms with Crippen LogP contribution in [-0.4, -0.2) is 56.8 Å². The molecule has 12 heteroatoms. The quantitative estimate of drug-likeness (QED) is 0.396. The molecule has 2 heterocycles. The van der Waals surface area contributed by atoms with E-state index in [0.717, 1.165) is 18.2 Å². The number of rotatable bonds is 6. The predicted octanol–water partition coefficient (Wildman–Crippen LogP) is 3.36. The SMILES string of the molecule is Cc1nc(Oc2ccccc2)cc(N2CCN(C(=O)c3cc([N+](=O)[O-])cc([N+](=O)[O-])c3)CC2)n1. The Morgan fingerprint density at radius 2 is 1.53 bits per heavy atom. The molecular weight excluding hydrogens is 444 g/mol. The summed E-state index contributed by atoms with van der Waals surface area (Å²) in [5.41, 5.74) is -1.09. The van der Waals surface area contributed by atoms with E-state index in [0.29, 0.717) is 49.5 Å². The monoisotopic (exact) mass is 464 g/mol. The van der Waals surface area contributed by atoms with E-state index >= 15 is 0 Å². The number of carbonyl (C=O) groups excluding carboxylic acids is 1. The van der Waals surface area contributed by atoms with Crippen molar-refractivity contribution in [3.05, 3.63) is 86.2 Å². The number of hydrogen-bond acceptors (Lipinski definition) is 9. The van der Waals surface area contributed by atoms with E-state index in [2.05, 4.69) is 9.97 Å². The summed E-state index contributed by atoms with van der Waals surface area (Å²) >= 11 is 0. The molecule has 0 saturated carbocycles. The molecule has 0 unspecified atom stereocenters. The average Bonchev–Trinajstić information content (AvgIpc) is 2.83. The fourth-order valence-electron chi connectivity index (χ4n) is 3.60. The van der Waals surface area contributed by atoms with E-state index in [9.17, 15) is 25.0 Å². The van der Waals surface area contributed by atoms with Gasteiger partial charge in [-0.05, 0) is 19.1 Å². The first-order valence-electron chi connectivity index (χ1n) is 10.4. The van der Waals surface area contributed by atoms with Crippen molar-refractivity contribution >= 4 is 23.1 Å². The van der Waals surface area contributed by atoms with Crippen molar-refractivity contribution in [3.8, 4) is 11.6 Å². The Kier molecular flexibility index (Phi) is 6.30. The van der Waals surface area contributed by atoms with Crippen LogP contribution < -0.4 is 9.64 Å². The second-order valence-corrected chi connectivity index (χ2v) is 7.56. The summed E-state index contributed by atoms with van der Waals surface area (Å²) in [7, 11) is 0. The van der Waals surface area contributed by atoms with Crippen LogP contribution in [-0.2, 0) is 0 Å². The van der Waals surface area contributed by atoms with E-state index in [1.165, 1.54) is 4.90 Å². The van der Waals surface area contributed by atoms with Gasteiger partial charge in [0.2, 0.25) is 5.88 Å². The molecule has 0 N–H and O–H groups in total. The highest BCUT2D eigenvalue weighted by Gasteiger charge is 2.27. The maximum Gasteiger partial charge on any atom is 0.277 e. The van der Waals surface area contributed by atoms with Crippen LogP contribution in [0.3, 0.4) is 0 Å². The lowest BCUT2D eigenvalue weighted by Gasteiger charge is -2.35. The highest BCUT2D eigenvalue weighted by Crippen LogP contribution is 2.26. The standard InChI is InChI=1S/C22H20N6O6/c1-15-23-20(14-21(24-15)34-19-5-3-2-4-6-19)25-7-9-26(10-8-25)22(29)16-11-17(27(30)31)13-18(12-16)28(32)33/h2-6,11-14H,7-10H2,1H3. The van der Waals surface area contributed by atoms with Crippen LogP contribution in [0.2, 0.25) is 0 Å². The Labute approximate surface area is 193 Å². The molecule has 1 aliphatic heterocycles. The number of ether oxygens (including phenoxy) is 1. The number of para-hydroxylation sites is 1. The topological polar surface area (TPSA) is 145 Å². The molecule has 1 aliphatic rings. The number of anilines is 1. The molecule has 2 aromatic carbocycles. The van der Waals surface area contributed by atoms with E-state index in [1.54, 1.807) is 13.0 Å². The van der Waals surface area contributed by atoms with Crippen LogP contribution in [0.5, 0.6) is 11.6 Å². The Hall–Kier alpha value is -4.61. The number of aryl methyl sites for hydroxylation is 1. The molecule has 1 amide bonds. The smallest absolute Gasteiger partial charge is 0.277 e. The van der Waals surface area contributed by atoms with Crippen molar-refractivity contribution < 1.29 is 19.4 Å². The number of nitro groups is 2. The number of nitrogens with zero attached hydrogens (tertiary/aromatic N) is 6. The van der Waals surface area contributed by atoms with E-state index < -0.39 is 27.1 Å². The van der Waals surface area contributed by atoms with Crippen molar-refractivity contribution in [2.75, 3.05) is 31.1 Å².